The highest BCUT2D eigenvalue weighted by Crippen LogP contribution is 2.21. The summed E-state index contributed by atoms with van der Waals surface area (Å²) >= 11 is 0. The first-order valence-corrected chi connectivity index (χ1v) is 7.94. The second kappa shape index (κ2) is 6.89. The van der Waals surface area contributed by atoms with Crippen LogP contribution in [0.2, 0.25) is 0 Å². The highest BCUT2D eigenvalue weighted by Gasteiger charge is 2.21. The lowest BCUT2D eigenvalue weighted by molar-refractivity contribution is 0.0858. The minimum atomic E-state index is -0.0424. The van der Waals surface area contributed by atoms with Crippen LogP contribution < -0.4 is 10.2 Å². The Hall–Kier alpha value is -1.62. The summed E-state index contributed by atoms with van der Waals surface area (Å²) in [6.45, 7) is 3.38. The predicted molar refractivity (Wildman–Crippen MR) is 81.6 cm³/mol. The van der Waals surface area contributed by atoms with Crippen LogP contribution in [0.4, 0.5) is 5.82 Å². The Labute approximate surface area is 125 Å². The molecule has 2 aliphatic rings. The van der Waals surface area contributed by atoms with Gasteiger partial charge in [0.05, 0.1) is 11.7 Å². The zero-order chi connectivity index (χ0) is 14.5. The molecule has 1 aromatic rings. The zero-order valence-corrected chi connectivity index (χ0v) is 12.4. The summed E-state index contributed by atoms with van der Waals surface area (Å²) in [6.07, 6.45) is 7.67. The van der Waals surface area contributed by atoms with Crippen LogP contribution in [0.25, 0.3) is 0 Å². The van der Waals surface area contributed by atoms with E-state index >= 15 is 0 Å². The Kier molecular flexibility index (Phi) is 4.70. The molecule has 1 amide bonds. The van der Waals surface area contributed by atoms with Crippen LogP contribution in [-0.4, -0.2) is 43.2 Å². The van der Waals surface area contributed by atoms with E-state index in [1.165, 1.54) is 19.3 Å². The maximum atomic E-state index is 12.4. The van der Waals surface area contributed by atoms with Crippen LogP contribution in [0.1, 0.15) is 42.5 Å². The lowest BCUT2D eigenvalue weighted by Crippen LogP contribution is -2.35. The van der Waals surface area contributed by atoms with Crippen molar-refractivity contribution in [2.45, 2.75) is 38.2 Å². The van der Waals surface area contributed by atoms with E-state index in [2.05, 4.69) is 15.2 Å². The fourth-order valence-electron chi connectivity index (χ4n) is 3.04. The summed E-state index contributed by atoms with van der Waals surface area (Å²) in [4.78, 5) is 19.1. The molecule has 2 fully saturated rings. The Morgan fingerprint density at radius 1 is 1.33 bits per heavy atom. The topological polar surface area (TPSA) is 54.5 Å². The van der Waals surface area contributed by atoms with Crippen molar-refractivity contribution in [2.24, 2.45) is 0 Å². The van der Waals surface area contributed by atoms with Gasteiger partial charge in [0.15, 0.2) is 0 Å². The van der Waals surface area contributed by atoms with Crippen molar-refractivity contribution in [3.63, 3.8) is 0 Å². The fourth-order valence-corrected chi connectivity index (χ4v) is 3.04. The van der Waals surface area contributed by atoms with Gasteiger partial charge in [-0.1, -0.05) is 0 Å². The Balaban J connectivity index is 1.66. The number of nitrogens with zero attached hydrogens (tertiary/aromatic N) is 2. The third-order valence-electron chi connectivity index (χ3n) is 4.20. The molecule has 2 saturated heterocycles. The number of ether oxygens (including phenoxy) is 1. The molecule has 1 aromatic heterocycles. The van der Waals surface area contributed by atoms with E-state index in [1.54, 1.807) is 6.20 Å². The molecule has 0 aliphatic carbocycles. The summed E-state index contributed by atoms with van der Waals surface area (Å²) in [6, 6.07) is 3.69. The highest BCUT2D eigenvalue weighted by atomic mass is 16.5. The lowest BCUT2D eigenvalue weighted by Gasteiger charge is -2.29. The molecule has 5 heteroatoms. The van der Waals surface area contributed by atoms with Crippen molar-refractivity contribution in [1.29, 1.82) is 0 Å². The number of carbonyl (C=O) groups is 1. The molecule has 0 unspecified atom stereocenters. The van der Waals surface area contributed by atoms with Crippen LogP contribution in [0.15, 0.2) is 18.3 Å². The van der Waals surface area contributed by atoms with Crippen LogP contribution >= 0.6 is 0 Å². The standard InChI is InChI=1S/C16H23N3O2/c20-16(18-12-13-6-5-11-21-13)14-7-4-8-17-15(14)19-9-2-1-3-10-19/h4,7-8,13H,1-3,5-6,9-12H2,(H,18,20)/t13-/m0/s1. The maximum absolute atomic E-state index is 12.4. The number of nitrogens with one attached hydrogen (secondary N) is 1. The number of pyridine rings is 1. The van der Waals surface area contributed by atoms with Gasteiger partial charge in [0.2, 0.25) is 0 Å². The largest absolute Gasteiger partial charge is 0.376 e. The van der Waals surface area contributed by atoms with Gasteiger partial charge < -0.3 is 15.0 Å². The molecule has 0 bridgehead atoms. The van der Waals surface area contributed by atoms with Gasteiger partial charge in [-0.15, -0.1) is 0 Å². The lowest BCUT2D eigenvalue weighted by atomic mass is 10.1. The van der Waals surface area contributed by atoms with E-state index in [1.807, 2.05) is 12.1 Å². The van der Waals surface area contributed by atoms with Crippen LogP contribution in [0.5, 0.6) is 0 Å². The molecule has 1 N–H and O–H groups in total. The van der Waals surface area contributed by atoms with E-state index in [4.69, 9.17) is 4.74 Å². The molecule has 0 spiro atoms. The van der Waals surface area contributed by atoms with Crippen molar-refractivity contribution < 1.29 is 9.53 Å². The van der Waals surface area contributed by atoms with Gasteiger partial charge in [-0.05, 0) is 44.2 Å². The molecule has 5 nitrogen and oxygen atoms in total. The summed E-state index contributed by atoms with van der Waals surface area (Å²) in [5, 5.41) is 2.99. The Morgan fingerprint density at radius 3 is 2.95 bits per heavy atom. The summed E-state index contributed by atoms with van der Waals surface area (Å²) in [5.41, 5.74) is 0.678. The molecule has 0 saturated carbocycles. The fraction of sp³-hybridized carbons (Fsp3) is 0.625. The number of hydrogen-bond acceptors (Lipinski definition) is 4. The predicted octanol–water partition coefficient (Wildman–Crippen LogP) is 1.98. The Morgan fingerprint density at radius 2 is 2.19 bits per heavy atom. The molecule has 21 heavy (non-hydrogen) atoms. The summed E-state index contributed by atoms with van der Waals surface area (Å²) in [5.74, 6) is 0.779. The number of piperidine rings is 1. The number of rotatable bonds is 4. The second-order valence-corrected chi connectivity index (χ2v) is 5.77. The van der Waals surface area contributed by atoms with Gasteiger partial charge in [-0.2, -0.15) is 0 Å². The normalized spacial score (nSPS) is 22.3. The van der Waals surface area contributed by atoms with Crippen LogP contribution in [0, 0.1) is 0 Å². The van der Waals surface area contributed by atoms with E-state index in [9.17, 15) is 4.79 Å². The van der Waals surface area contributed by atoms with Gasteiger partial charge in [0.25, 0.3) is 5.91 Å². The van der Waals surface area contributed by atoms with Gasteiger partial charge in [0.1, 0.15) is 5.82 Å². The smallest absolute Gasteiger partial charge is 0.255 e. The van der Waals surface area contributed by atoms with Crippen molar-refractivity contribution in [2.75, 3.05) is 31.1 Å². The molecule has 3 rings (SSSR count). The third kappa shape index (κ3) is 3.53. The first-order valence-electron chi connectivity index (χ1n) is 7.94. The quantitative estimate of drug-likeness (QED) is 0.921. The number of carbonyl (C=O) groups excluding carboxylic acids is 1. The van der Waals surface area contributed by atoms with Crippen molar-refractivity contribution in [3.8, 4) is 0 Å². The summed E-state index contributed by atoms with van der Waals surface area (Å²) in [7, 11) is 0. The van der Waals surface area contributed by atoms with Crippen LogP contribution in [0.3, 0.4) is 0 Å². The number of anilines is 1. The molecule has 114 valence electrons. The van der Waals surface area contributed by atoms with E-state index in [0.29, 0.717) is 12.1 Å². The summed E-state index contributed by atoms with van der Waals surface area (Å²) < 4.78 is 5.55. The van der Waals surface area contributed by atoms with E-state index in [-0.39, 0.29) is 12.0 Å². The van der Waals surface area contributed by atoms with Gasteiger partial charge in [0, 0.05) is 32.4 Å². The van der Waals surface area contributed by atoms with Gasteiger partial charge in [-0.3, -0.25) is 4.79 Å². The second-order valence-electron chi connectivity index (χ2n) is 5.77. The molecule has 0 aromatic carbocycles. The number of amides is 1. The van der Waals surface area contributed by atoms with Gasteiger partial charge in [-0.25, -0.2) is 4.98 Å². The number of hydrogen-bond donors (Lipinski definition) is 1. The average Bonchev–Trinajstić information content (AvgIpc) is 3.07. The van der Waals surface area contributed by atoms with E-state index in [0.717, 1.165) is 38.4 Å². The number of aromatic nitrogens is 1. The third-order valence-corrected chi connectivity index (χ3v) is 4.20. The SMILES string of the molecule is O=C(NC[C@@H]1CCCO1)c1cccnc1N1CCCCC1. The minimum absolute atomic E-state index is 0.0424. The monoisotopic (exact) mass is 289 g/mol. The molecule has 3 heterocycles. The maximum Gasteiger partial charge on any atom is 0.255 e. The molecular formula is C16H23N3O2. The highest BCUT2D eigenvalue weighted by molar-refractivity contribution is 5.98. The van der Waals surface area contributed by atoms with Crippen LogP contribution in [-0.2, 0) is 4.74 Å². The Bertz CT molecular complexity index is 480. The molecule has 1 atom stereocenters. The van der Waals surface area contributed by atoms with Crippen molar-refractivity contribution in [3.05, 3.63) is 23.9 Å². The molecular weight excluding hydrogens is 266 g/mol. The molecule has 2 aliphatic heterocycles. The zero-order valence-electron chi connectivity index (χ0n) is 12.4. The van der Waals surface area contributed by atoms with Crippen molar-refractivity contribution in [1.82, 2.24) is 10.3 Å². The average molecular weight is 289 g/mol. The van der Waals surface area contributed by atoms with Crippen molar-refractivity contribution >= 4 is 11.7 Å². The van der Waals surface area contributed by atoms with E-state index < -0.39 is 0 Å². The molecule has 0 radical (unpaired) electrons. The first-order chi connectivity index (χ1) is 10.3. The first kappa shape index (κ1) is 14.3. The minimum Gasteiger partial charge on any atom is -0.376 e. The van der Waals surface area contributed by atoms with Gasteiger partial charge >= 0.3 is 0 Å².